The van der Waals surface area contributed by atoms with Crippen LogP contribution in [0.3, 0.4) is 0 Å². The number of carbonyl (C=O) groups is 2. The Kier molecular flexibility index (Phi) is 7.97. The third-order valence-corrected chi connectivity index (χ3v) is 14.3. The lowest BCUT2D eigenvalue weighted by Gasteiger charge is -2.58. The van der Waals surface area contributed by atoms with Crippen molar-refractivity contribution in [2.24, 2.45) is 46.3 Å². The van der Waals surface area contributed by atoms with Crippen molar-refractivity contribution in [3.05, 3.63) is 18.2 Å². The molecule has 0 bridgehead atoms. The fourth-order valence-electron chi connectivity index (χ4n) is 11.9. The first-order chi connectivity index (χ1) is 22.2. The summed E-state index contributed by atoms with van der Waals surface area (Å²) in [6, 6.07) is 2.22. The fourth-order valence-corrected chi connectivity index (χ4v) is 11.9. The number of hydrogen-bond donors (Lipinski definition) is 0. The molecule has 3 aliphatic heterocycles. The van der Waals surface area contributed by atoms with Crippen molar-refractivity contribution in [3.8, 4) is 0 Å². The topological polar surface area (TPSA) is 72.9 Å². The molecule has 1 aromatic rings. The Balaban J connectivity index is 0.929. The number of carbonyl (C=O) groups excluding carboxylic acids is 2. The molecule has 7 aliphatic rings. The van der Waals surface area contributed by atoms with E-state index in [1.807, 2.05) is 6.08 Å². The molecule has 4 heterocycles. The molecule has 0 aromatic carbocycles. The highest BCUT2D eigenvalue weighted by molar-refractivity contribution is 5.91. The van der Waals surface area contributed by atoms with Crippen LogP contribution in [0.5, 0.6) is 0 Å². The van der Waals surface area contributed by atoms with Gasteiger partial charge in [-0.3, -0.25) is 14.5 Å². The summed E-state index contributed by atoms with van der Waals surface area (Å²) in [4.78, 5) is 46.3. The van der Waals surface area contributed by atoms with Crippen LogP contribution in [0.4, 0.5) is 17.6 Å². The molecular weight excluding hydrogens is 572 g/mol. The van der Waals surface area contributed by atoms with Crippen LogP contribution in [-0.4, -0.2) is 85.3 Å². The second kappa shape index (κ2) is 11.9. The first-order valence-corrected chi connectivity index (χ1v) is 18.8. The Morgan fingerprint density at radius 1 is 0.848 bits per heavy atom. The van der Waals surface area contributed by atoms with Gasteiger partial charge >= 0.3 is 0 Å². The normalized spacial score (nSPS) is 39.5. The molecule has 3 saturated heterocycles. The zero-order valence-corrected chi connectivity index (χ0v) is 28.6. The van der Waals surface area contributed by atoms with Gasteiger partial charge in [-0.05, 0) is 104 Å². The van der Waals surface area contributed by atoms with Gasteiger partial charge in [-0.25, -0.2) is 0 Å². The van der Waals surface area contributed by atoms with Crippen molar-refractivity contribution >= 4 is 29.2 Å². The van der Waals surface area contributed by atoms with E-state index in [0.717, 1.165) is 82.8 Å². The van der Waals surface area contributed by atoms with Crippen LogP contribution >= 0.6 is 0 Å². The number of aromatic nitrogens is 2. The van der Waals surface area contributed by atoms with Crippen molar-refractivity contribution in [2.75, 3.05) is 73.6 Å². The molecule has 6 fully saturated rings. The minimum atomic E-state index is 0.107. The molecule has 250 valence electrons. The van der Waals surface area contributed by atoms with Crippen LogP contribution < -0.4 is 14.7 Å². The molecule has 3 saturated carbocycles. The summed E-state index contributed by atoms with van der Waals surface area (Å²) >= 11 is 0. The van der Waals surface area contributed by atoms with E-state index in [0.29, 0.717) is 47.7 Å². The number of rotatable bonds is 6. The highest BCUT2D eigenvalue weighted by Gasteiger charge is 2.62. The van der Waals surface area contributed by atoms with Crippen molar-refractivity contribution in [1.29, 1.82) is 0 Å². The highest BCUT2D eigenvalue weighted by Crippen LogP contribution is 2.67. The molecule has 46 heavy (non-hydrogen) atoms. The van der Waals surface area contributed by atoms with Gasteiger partial charge in [-0.15, -0.1) is 0 Å². The second-order valence-electron chi connectivity index (χ2n) is 16.8. The number of Topliss-reactive ketones (excluding diaryl/α,β-unsaturated/α-hetero) is 1. The number of piperazine rings is 1. The van der Waals surface area contributed by atoms with Crippen LogP contribution in [-0.2, 0) is 9.59 Å². The van der Waals surface area contributed by atoms with Gasteiger partial charge in [0.25, 0.3) is 0 Å². The molecule has 2 unspecified atom stereocenters. The van der Waals surface area contributed by atoms with Crippen LogP contribution in [0.15, 0.2) is 18.2 Å². The van der Waals surface area contributed by atoms with Crippen LogP contribution in [0.2, 0.25) is 0 Å². The average Bonchev–Trinajstić information content (AvgIpc) is 3.83. The smallest absolute Gasteiger partial charge is 0.229 e. The van der Waals surface area contributed by atoms with Gasteiger partial charge in [0.2, 0.25) is 5.95 Å². The Bertz CT molecular complexity index is 1330. The molecule has 8 nitrogen and oxygen atoms in total. The van der Waals surface area contributed by atoms with Gasteiger partial charge in [-0.1, -0.05) is 26.8 Å². The SMILES string of the molecule is CC1C[C@H]2[C@@H]3CCC4CC(=O)C=C[C@]4(C)[C@H]3CC[C@]2(C)[C@H]1C(=O)CN1CCN(c2cc(N3CCCC3)nc(N3CCCC3)n2)CC1. The summed E-state index contributed by atoms with van der Waals surface area (Å²) in [6.07, 6.45) is 15.8. The zero-order chi connectivity index (χ0) is 31.6. The lowest BCUT2D eigenvalue weighted by molar-refractivity contribution is -0.135. The number of anilines is 3. The molecule has 8 atom stereocenters. The number of hydrogen-bond acceptors (Lipinski definition) is 8. The van der Waals surface area contributed by atoms with Gasteiger partial charge in [0.1, 0.15) is 11.6 Å². The summed E-state index contributed by atoms with van der Waals surface area (Å²) in [6.45, 7) is 15.8. The minimum Gasteiger partial charge on any atom is -0.356 e. The van der Waals surface area contributed by atoms with Gasteiger partial charge in [-0.2, -0.15) is 9.97 Å². The van der Waals surface area contributed by atoms with Crippen molar-refractivity contribution in [2.45, 2.75) is 85.0 Å². The summed E-state index contributed by atoms with van der Waals surface area (Å²) in [5, 5.41) is 0. The number of allylic oxidation sites excluding steroid dienone is 2. The molecular formula is C38H56N6O2. The summed E-state index contributed by atoms with van der Waals surface area (Å²) < 4.78 is 0. The van der Waals surface area contributed by atoms with E-state index in [1.54, 1.807) is 0 Å². The molecule has 8 heteroatoms. The average molecular weight is 629 g/mol. The van der Waals surface area contributed by atoms with Crippen molar-refractivity contribution < 1.29 is 9.59 Å². The third-order valence-electron chi connectivity index (χ3n) is 14.3. The van der Waals surface area contributed by atoms with Gasteiger partial charge < -0.3 is 14.7 Å². The molecule has 1 aromatic heterocycles. The van der Waals surface area contributed by atoms with Gasteiger partial charge in [0, 0.05) is 70.8 Å². The standard InChI is InChI=1S/C38H56N6O2/c1-26-22-31-29-9-8-27-23-28(45)10-12-37(27,2)30(29)11-13-38(31,3)35(26)32(46)25-41-18-20-43(21-19-41)34-24-33(42-14-4-5-15-42)39-36(40-34)44-16-6-7-17-44/h10,12,24,26-27,29-31,35H,4-9,11,13-23,25H2,1-3H3/t26?,27?,29-,30+,31+,35-,37+,38+/m1/s1. The Morgan fingerprint density at radius 3 is 2.20 bits per heavy atom. The third kappa shape index (κ3) is 5.20. The van der Waals surface area contributed by atoms with E-state index in [1.165, 1.54) is 51.4 Å². The van der Waals surface area contributed by atoms with Gasteiger partial charge in [0.15, 0.2) is 11.6 Å². The van der Waals surface area contributed by atoms with E-state index >= 15 is 0 Å². The van der Waals surface area contributed by atoms with E-state index in [4.69, 9.17) is 9.97 Å². The van der Waals surface area contributed by atoms with Crippen LogP contribution in [0.1, 0.15) is 85.0 Å². The van der Waals surface area contributed by atoms with Crippen molar-refractivity contribution in [1.82, 2.24) is 14.9 Å². The maximum Gasteiger partial charge on any atom is 0.229 e. The molecule has 0 N–H and O–H groups in total. The lowest BCUT2D eigenvalue weighted by atomic mass is 9.46. The van der Waals surface area contributed by atoms with E-state index < -0.39 is 0 Å². The summed E-state index contributed by atoms with van der Waals surface area (Å²) in [5.74, 6) is 6.94. The number of ketones is 2. The first kappa shape index (κ1) is 30.8. The van der Waals surface area contributed by atoms with Crippen LogP contribution in [0, 0.1) is 46.3 Å². The minimum absolute atomic E-state index is 0.107. The lowest BCUT2D eigenvalue weighted by Crippen LogP contribution is -2.54. The highest BCUT2D eigenvalue weighted by atomic mass is 16.1. The van der Waals surface area contributed by atoms with Gasteiger partial charge in [0.05, 0.1) is 6.54 Å². The number of fused-ring (bicyclic) bond motifs is 5. The predicted octanol–water partition coefficient (Wildman–Crippen LogP) is 5.62. The Labute approximate surface area is 276 Å². The first-order valence-electron chi connectivity index (χ1n) is 18.8. The van der Waals surface area contributed by atoms with E-state index in [9.17, 15) is 9.59 Å². The number of nitrogens with zero attached hydrogens (tertiary/aromatic N) is 6. The molecule has 0 amide bonds. The van der Waals surface area contributed by atoms with E-state index in [2.05, 4.69) is 52.5 Å². The largest absolute Gasteiger partial charge is 0.356 e. The maximum atomic E-state index is 14.3. The fraction of sp³-hybridized carbons (Fsp3) is 0.789. The Hall–Kier alpha value is -2.48. The van der Waals surface area contributed by atoms with E-state index in [-0.39, 0.29) is 16.7 Å². The molecule has 0 spiro atoms. The zero-order valence-electron chi connectivity index (χ0n) is 28.6. The van der Waals surface area contributed by atoms with Crippen LogP contribution in [0.25, 0.3) is 0 Å². The second-order valence-corrected chi connectivity index (χ2v) is 16.8. The predicted molar refractivity (Wildman–Crippen MR) is 183 cm³/mol. The monoisotopic (exact) mass is 628 g/mol. The molecule has 0 radical (unpaired) electrons. The summed E-state index contributed by atoms with van der Waals surface area (Å²) in [7, 11) is 0. The molecule has 8 rings (SSSR count). The quantitative estimate of drug-likeness (QED) is 0.402. The van der Waals surface area contributed by atoms with Crippen molar-refractivity contribution in [3.63, 3.8) is 0 Å². The summed E-state index contributed by atoms with van der Waals surface area (Å²) in [5.41, 5.74) is 0.257. The maximum absolute atomic E-state index is 14.3. The molecule has 4 aliphatic carbocycles. The Morgan fingerprint density at radius 2 is 1.50 bits per heavy atom.